The maximum Gasteiger partial charge on any atom is 0.309 e. The fourth-order valence-corrected chi connectivity index (χ4v) is 2.66. The highest BCUT2D eigenvalue weighted by Gasteiger charge is 2.34. The molecule has 1 heterocycles. The van der Waals surface area contributed by atoms with Gasteiger partial charge in [-0.3, -0.25) is 19.0 Å². The van der Waals surface area contributed by atoms with Crippen LogP contribution in [0.3, 0.4) is 0 Å². The third-order valence-corrected chi connectivity index (χ3v) is 3.85. The molecule has 2 rings (SSSR count). The summed E-state index contributed by atoms with van der Waals surface area (Å²) in [5.41, 5.74) is 0.535. The summed E-state index contributed by atoms with van der Waals surface area (Å²) in [7, 11) is -3.40. The molecule has 0 bridgehead atoms. The van der Waals surface area contributed by atoms with E-state index in [4.69, 9.17) is 4.18 Å². The van der Waals surface area contributed by atoms with Gasteiger partial charge in [-0.25, -0.2) is 0 Å². The lowest BCUT2D eigenvalue weighted by Crippen LogP contribution is -2.31. The van der Waals surface area contributed by atoms with Gasteiger partial charge in [-0.1, -0.05) is 0 Å². The zero-order valence-electron chi connectivity index (χ0n) is 10.6. The molecule has 1 aliphatic carbocycles. The summed E-state index contributed by atoms with van der Waals surface area (Å²) < 4.78 is 28.0. The molecule has 0 radical (unpaired) electrons. The predicted octanol–water partition coefficient (Wildman–Crippen LogP) is 1.03. The van der Waals surface area contributed by atoms with Crippen LogP contribution in [0.25, 0.3) is 0 Å². The van der Waals surface area contributed by atoms with Crippen LogP contribution in [0.2, 0.25) is 0 Å². The highest BCUT2D eigenvalue weighted by atomic mass is 32.2. The van der Waals surface area contributed by atoms with Gasteiger partial charge in [0.15, 0.2) is 0 Å². The van der Waals surface area contributed by atoms with Gasteiger partial charge in [-0.05, 0) is 25.7 Å². The van der Waals surface area contributed by atoms with Crippen LogP contribution in [0.5, 0.6) is 0 Å². The Morgan fingerprint density at radius 1 is 1.58 bits per heavy atom. The highest BCUT2D eigenvalue weighted by Crippen LogP contribution is 2.39. The molecule has 19 heavy (non-hydrogen) atoms. The van der Waals surface area contributed by atoms with Crippen LogP contribution in [0.1, 0.15) is 24.6 Å². The second kappa shape index (κ2) is 4.89. The monoisotopic (exact) mass is 289 g/mol. The van der Waals surface area contributed by atoms with Crippen molar-refractivity contribution in [2.45, 2.75) is 25.8 Å². The normalized spacial score (nSPS) is 23.1. The van der Waals surface area contributed by atoms with Crippen molar-refractivity contribution in [3.8, 4) is 0 Å². The summed E-state index contributed by atoms with van der Waals surface area (Å²) in [6, 6.07) is 0.0851. The topological polar surface area (TPSA) is 104 Å². The van der Waals surface area contributed by atoms with Gasteiger partial charge in [-0.2, -0.15) is 13.5 Å². The number of nitrogens with zero attached hydrogens (tertiary/aromatic N) is 3. The lowest BCUT2D eigenvalue weighted by Gasteiger charge is -2.35. The van der Waals surface area contributed by atoms with Gasteiger partial charge in [-0.15, -0.1) is 0 Å². The standard InChI is InChI=1S/C10H15N3O5S/c1-7-10(13(14)15)5-11-12(7)9-3-8(4-9)6-18-19(2,16)17/h5,8-9H,3-4,6H2,1-2H3. The zero-order valence-corrected chi connectivity index (χ0v) is 11.5. The van der Waals surface area contributed by atoms with E-state index in [1.165, 1.54) is 6.20 Å². The quantitative estimate of drug-likeness (QED) is 0.455. The molecular formula is C10H15N3O5S. The third kappa shape index (κ3) is 3.10. The van der Waals surface area contributed by atoms with Gasteiger partial charge < -0.3 is 0 Å². The smallest absolute Gasteiger partial charge is 0.270 e. The Bertz CT molecular complexity index is 588. The molecule has 0 aliphatic heterocycles. The van der Waals surface area contributed by atoms with Crippen molar-refractivity contribution in [1.29, 1.82) is 0 Å². The van der Waals surface area contributed by atoms with Gasteiger partial charge >= 0.3 is 5.69 Å². The molecule has 1 saturated carbocycles. The molecular weight excluding hydrogens is 274 g/mol. The van der Waals surface area contributed by atoms with E-state index in [1.54, 1.807) is 11.6 Å². The molecule has 0 saturated heterocycles. The summed E-state index contributed by atoms with van der Waals surface area (Å²) in [6.07, 6.45) is 3.70. The third-order valence-electron chi connectivity index (χ3n) is 3.29. The minimum absolute atomic E-state index is 0.0100. The number of aromatic nitrogens is 2. The SMILES string of the molecule is Cc1c([N+](=O)[O-])cnn1C1CC(COS(C)(=O)=O)C1. The maximum atomic E-state index is 10.8. The van der Waals surface area contributed by atoms with Gasteiger partial charge in [0.25, 0.3) is 10.1 Å². The molecule has 0 unspecified atom stereocenters. The number of hydrogen-bond acceptors (Lipinski definition) is 6. The second-order valence-corrected chi connectivity index (χ2v) is 6.44. The van der Waals surface area contributed by atoms with Crippen LogP contribution >= 0.6 is 0 Å². The molecule has 1 aromatic rings. The lowest BCUT2D eigenvalue weighted by atomic mass is 9.81. The van der Waals surface area contributed by atoms with Crippen molar-refractivity contribution in [3.63, 3.8) is 0 Å². The van der Waals surface area contributed by atoms with Crippen LogP contribution in [-0.2, 0) is 14.3 Å². The van der Waals surface area contributed by atoms with E-state index >= 15 is 0 Å². The van der Waals surface area contributed by atoms with Crippen LogP contribution in [0.4, 0.5) is 5.69 Å². The number of rotatable bonds is 5. The Morgan fingerprint density at radius 3 is 2.68 bits per heavy atom. The van der Waals surface area contributed by atoms with E-state index in [0.717, 1.165) is 19.1 Å². The van der Waals surface area contributed by atoms with Crippen LogP contribution in [0.15, 0.2) is 6.20 Å². The van der Waals surface area contributed by atoms with E-state index in [9.17, 15) is 18.5 Å². The first-order chi connectivity index (χ1) is 8.78. The molecule has 9 heteroatoms. The molecule has 1 fully saturated rings. The Hall–Kier alpha value is -1.48. The van der Waals surface area contributed by atoms with Crippen molar-refractivity contribution < 1.29 is 17.5 Å². The molecule has 1 aliphatic rings. The second-order valence-electron chi connectivity index (χ2n) is 4.80. The highest BCUT2D eigenvalue weighted by molar-refractivity contribution is 7.85. The zero-order chi connectivity index (χ0) is 14.2. The molecule has 0 aromatic carbocycles. The van der Waals surface area contributed by atoms with E-state index in [1.807, 2.05) is 0 Å². The first-order valence-corrected chi connectivity index (χ1v) is 7.62. The van der Waals surface area contributed by atoms with E-state index < -0.39 is 15.0 Å². The van der Waals surface area contributed by atoms with Gasteiger partial charge in [0.1, 0.15) is 11.9 Å². The summed E-state index contributed by atoms with van der Waals surface area (Å²) in [5, 5.41) is 14.7. The van der Waals surface area contributed by atoms with Crippen LogP contribution in [0, 0.1) is 23.0 Å². The van der Waals surface area contributed by atoms with Crippen molar-refractivity contribution in [1.82, 2.24) is 9.78 Å². The van der Waals surface area contributed by atoms with Crippen LogP contribution in [-0.4, -0.2) is 36.0 Å². The molecule has 1 aromatic heterocycles. The van der Waals surface area contributed by atoms with Crippen molar-refractivity contribution in [2.75, 3.05) is 12.9 Å². The van der Waals surface area contributed by atoms with E-state index in [0.29, 0.717) is 5.69 Å². The fourth-order valence-electron chi connectivity index (χ4n) is 2.22. The summed E-state index contributed by atoms with van der Waals surface area (Å²) in [5.74, 6) is 0.155. The molecule has 8 nitrogen and oxygen atoms in total. The average molecular weight is 289 g/mol. The summed E-state index contributed by atoms with van der Waals surface area (Å²) in [4.78, 5) is 10.3. The average Bonchev–Trinajstić information content (AvgIpc) is 2.56. The summed E-state index contributed by atoms with van der Waals surface area (Å²) >= 11 is 0. The van der Waals surface area contributed by atoms with E-state index in [2.05, 4.69) is 5.10 Å². The summed E-state index contributed by atoms with van der Waals surface area (Å²) in [6.45, 7) is 1.82. The number of hydrogen-bond donors (Lipinski definition) is 0. The van der Waals surface area contributed by atoms with Gasteiger partial charge in [0.2, 0.25) is 0 Å². The first-order valence-electron chi connectivity index (χ1n) is 5.81. The molecule has 106 valence electrons. The molecule has 0 spiro atoms. The maximum absolute atomic E-state index is 10.8. The molecule has 0 amide bonds. The molecule has 0 N–H and O–H groups in total. The molecule has 0 atom stereocenters. The van der Waals surface area contributed by atoms with Crippen molar-refractivity contribution >= 4 is 15.8 Å². The number of nitro groups is 1. The lowest BCUT2D eigenvalue weighted by molar-refractivity contribution is -0.385. The van der Waals surface area contributed by atoms with Crippen LogP contribution < -0.4 is 0 Å². The Morgan fingerprint density at radius 2 is 2.21 bits per heavy atom. The van der Waals surface area contributed by atoms with E-state index in [-0.39, 0.29) is 24.3 Å². The Kier molecular flexibility index (Phi) is 3.59. The Labute approximate surface area is 110 Å². The predicted molar refractivity (Wildman–Crippen MR) is 66.2 cm³/mol. The minimum Gasteiger partial charge on any atom is -0.270 e. The van der Waals surface area contributed by atoms with Crippen molar-refractivity contribution in [2.24, 2.45) is 5.92 Å². The largest absolute Gasteiger partial charge is 0.309 e. The van der Waals surface area contributed by atoms with Gasteiger partial charge in [0, 0.05) is 0 Å². The van der Waals surface area contributed by atoms with Crippen molar-refractivity contribution in [3.05, 3.63) is 22.0 Å². The first kappa shape index (κ1) is 13.9. The van der Waals surface area contributed by atoms with Gasteiger partial charge in [0.05, 0.1) is 23.8 Å². The minimum atomic E-state index is -3.40. The Balaban J connectivity index is 1.92. The fraction of sp³-hybridized carbons (Fsp3) is 0.700.